The van der Waals surface area contributed by atoms with E-state index in [-0.39, 0.29) is 36.7 Å². The second-order valence-electron chi connectivity index (χ2n) is 5.24. The molecule has 136 valence electrons. The van der Waals surface area contributed by atoms with Crippen molar-refractivity contribution >= 4 is 18.3 Å². The van der Waals surface area contributed by atoms with E-state index in [0.29, 0.717) is 18.7 Å². The summed E-state index contributed by atoms with van der Waals surface area (Å²) in [7, 11) is 0. The fourth-order valence-electron chi connectivity index (χ4n) is 2.27. The van der Waals surface area contributed by atoms with Gasteiger partial charge in [-0.2, -0.15) is 13.2 Å². The summed E-state index contributed by atoms with van der Waals surface area (Å²) in [6, 6.07) is 5.83. The normalized spacial score (nSPS) is 20.8. The number of morpholine rings is 1. The van der Waals surface area contributed by atoms with Crippen LogP contribution >= 0.6 is 12.4 Å². The fourth-order valence-corrected chi connectivity index (χ4v) is 2.27. The first kappa shape index (κ1) is 20.5. The Morgan fingerprint density at radius 3 is 2.79 bits per heavy atom. The highest BCUT2D eigenvalue weighted by Crippen LogP contribution is 2.22. The predicted octanol–water partition coefficient (Wildman–Crippen LogP) is 2.04. The van der Waals surface area contributed by atoms with Crippen molar-refractivity contribution in [1.82, 2.24) is 10.6 Å². The van der Waals surface area contributed by atoms with E-state index in [1.807, 2.05) is 0 Å². The van der Waals surface area contributed by atoms with Gasteiger partial charge < -0.3 is 20.1 Å². The molecule has 1 aliphatic rings. The monoisotopic (exact) mass is 368 g/mol. The Morgan fingerprint density at radius 2 is 2.12 bits per heavy atom. The molecule has 2 N–H and O–H groups in total. The molecule has 0 aromatic heterocycles. The smallest absolute Gasteiger partial charge is 0.422 e. The van der Waals surface area contributed by atoms with Crippen LogP contribution in [0.4, 0.5) is 13.2 Å². The lowest BCUT2D eigenvalue weighted by Crippen LogP contribution is -2.55. The average molecular weight is 369 g/mol. The summed E-state index contributed by atoms with van der Waals surface area (Å²) in [5.74, 6) is -0.158. The Morgan fingerprint density at radius 1 is 1.42 bits per heavy atom. The minimum absolute atomic E-state index is 0. The van der Waals surface area contributed by atoms with Crippen molar-refractivity contribution in [1.29, 1.82) is 0 Å². The summed E-state index contributed by atoms with van der Waals surface area (Å²) < 4.78 is 46.9. The molecule has 0 aliphatic carbocycles. The minimum atomic E-state index is -4.41. The Kier molecular flexibility index (Phi) is 7.78. The first-order valence-corrected chi connectivity index (χ1v) is 7.27. The summed E-state index contributed by atoms with van der Waals surface area (Å²) >= 11 is 0. The summed E-state index contributed by atoms with van der Waals surface area (Å²) in [6.45, 7) is 1.62. The number of rotatable bonds is 5. The van der Waals surface area contributed by atoms with Gasteiger partial charge in [0.05, 0.1) is 12.7 Å². The average Bonchev–Trinajstić information content (AvgIpc) is 2.51. The highest BCUT2D eigenvalue weighted by molar-refractivity contribution is 5.85. The molecule has 0 bridgehead atoms. The molecule has 0 saturated carbocycles. The molecule has 1 aromatic carbocycles. The van der Waals surface area contributed by atoms with E-state index >= 15 is 0 Å². The SMILES string of the molecule is C[C@H]1OCCN[C@@H]1C(=O)NCc1ccccc1OCC(F)(F)F.Cl. The molecular formula is C15H20ClF3N2O3. The van der Waals surface area contributed by atoms with Crippen molar-refractivity contribution in [2.75, 3.05) is 19.8 Å². The Bertz CT molecular complexity index is 543. The quantitative estimate of drug-likeness (QED) is 0.835. The number of ether oxygens (including phenoxy) is 2. The maximum Gasteiger partial charge on any atom is 0.422 e. The van der Waals surface area contributed by atoms with Gasteiger partial charge in [0.15, 0.2) is 6.61 Å². The number of hydrogen-bond acceptors (Lipinski definition) is 4. The Labute approximate surface area is 144 Å². The van der Waals surface area contributed by atoms with Gasteiger partial charge in [0.25, 0.3) is 0 Å². The number of halogens is 4. The van der Waals surface area contributed by atoms with Crippen LogP contribution in [0.1, 0.15) is 12.5 Å². The molecule has 24 heavy (non-hydrogen) atoms. The first-order valence-electron chi connectivity index (χ1n) is 7.27. The van der Waals surface area contributed by atoms with Gasteiger partial charge in [-0.15, -0.1) is 12.4 Å². The molecule has 1 aromatic rings. The van der Waals surface area contributed by atoms with Gasteiger partial charge in [-0.25, -0.2) is 0 Å². The number of carbonyl (C=O) groups excluding carboxylic acids is 1. The highest BCUT2D eigenvalue weighted by Gasteiger charge is 2.29. The summed E-state index contributed by atoms with van der Waals surface area (Å²) in [5.41, 5.74) is 0.481. The molecule has 0 radical (unpaired) electrons. The van der Waals surface area contributed by atoms with Gasteiger partial charge in [0, 0.05) is 18.7 Å². The second kappa shape index (κ2) is 9.10. The Balaban J connectivity index is 0.00000288. The predicted molar refractivity (Wildman–Crippen MR) is 84.3 cm³/mol. The van der Waals surface area contributed by atoms with E-state index in [1.165, 1.54) is 6.07 Å². The third kappa shape index (κ3) is 6.18. The molecule has 0 unspecified atom stereocenters. The van der Waals surface area contributed by atoms with Crippen LogP contribution < -0.4 is 15.4 Å². The van der Waals surface area contributed by atoms with E-state index in [1.54, 1.807) is 25.1 Å². The molecular weight excluding hydrogens is 349 g/mol. The number of hydrogen-bond donors (Lipinski definition) is 2. The lowest BCUT2D eigenvalue weighted by atomic mass is 10.1. The highest BCUT2D eigenvalue weighted by atomic mass is 35.5. The van der Waals surface area contributed by atoms with Crippen molar-refractivity contribution in [2.24, 2.45) is 0 Å². The zero-order valence-electron chi connectivity index (χ0n) is 13.1. The molecule has 1 fully saturated rings. The largest absolute Gasteiger partial charge is 0.484 e. The van der Waals surface area contributed by atoms with Gasteiger partial charge in [0.2, 0.25) is 5.91 Å². The number of alkyl halides is 3. The lowest BCUT2D eigenvalue weighted by Gasteiger charge is -2.29. The minimum Gasteiger partial charge on any atom is -0.484 e. The lowest BCUT2D eigenvalue weighted by molar-refractivity contribution is -0.153. The van der Waals surface area contributed by atoms with Crippen LogP contribution in [0.5, 0.6) is 5.75 Å². The van der Waals surface area contributed by atoms with E-state index in [9.17, 15) is 18.0 Å². The number of carbonyl (C=O) groups is 1. The molecule has 1 aliphatic heterocycles. The van der Waals surface area contributed by atoms with Crippen LogP contribution in [0.3, 0.4) is 0 Å². The van der Waals surface area contributed by atoms with E-state index < -0.39 is 18.8 Å². The third-order valence-corrected chi connectivity index (χ3v) is 3.42. The van der Waals surface area contributed by atoms with Gasteiger partial charge in [-0.1, -0.05) is 18.2 Å². The van der Waals surface area contributed by atoms with Crippen molar-refractivity contribution in [3.63, 3.8) is 0 Å². The van der Waals surface area contributed by atoms with Crippen LogP contribution in [-0.4, -0.2) is 44.0 Å². The van der Waals surface area contributed by atoms with Crippen molar-refractivity contribution in [3.05, 3.63) is 29.8 Å². The molecule has 2 atom stereocenters. The molecule has 1 saturated heterocycles. The molecule has 1 amide bonds. The van der Waals surface area contributed by atoms with Crippen LogP contribution in [-0.2, 0) is 16.1 Å². The number of para-hydroxylation sites is 1. The second-order valence-corrected chi connectivity index (χ2v) is 5.24. The zero-order valence-corrected chi connectivity index (χ0v) is 13.9. The van der Waals surface area contributed by atoms with E-state index in [4.69, 9.17) is 9.47 Å². The van der Waals surface area contributed by atoms with Gasteiger partial charge in [0.1, 0.15) is 11.8 Å². The molecule has 2 rings (SSSR count). The zero-order chi connectivity index (χ0) is 16.9. The van der Waals surface area contributed by atoms with Crippen LogP contribution in [0, 0.1) is 0 Å². The molecule has 0 spiro atoms. The van der Waals surface area contributed by atoms with Gasteiger partial charge >= 0.3 is 6.18 Å². The number of benzene rings is 1. The molecule has 1 heterocycles. The van der Waals surface area contributed by atoms with Gasteiger partial charge in [-0.3, -0.25) is 4.79 Å². The van der Waals surface area contributed by atoms with Crippen LogP contribution in [0.15, 0.2) is 24.3 Å². The maximum absolute atomic E-state index is 12.3. The van der Waals surface area contributed by atoms with E-state index in [0.717, 1.165) is 0 Å². The van der Waals surface area contributed by atoms with Crippen molar-refractivity contribution < 1.29 is 27.4 Å². The van der Waals surface area contributed by atoms with Crippen LogP contribution in [0.2, 0.25) is 0 Å². The topological polar surface area (TPSA) is 59.6 Å². The molecule has 9 heteroatoms. The third-order valence-electron chi connectivity index (χ3n) is 3.42. The van der Waals surface area contributed by atoms with Crippen molar-refractivity contribution in [3.8, 4) is 5.75 Å². The molecule has 5 nitrogen and oxygen atoms in total. The Hall–Kier alpha value is -1.51. The van der Waals surface area contributed by atoms with Gasteiger partial charge in [-0.05, 0) is 13.0 Å². The number of amides is 1. The number of nitrogens with one attached hydrogen (secondary N) is 2. The summed E-state index contributed by atoms with van der Waals surface area (Å²) in [4.78, 5) is 12.1. The fraction of sp³-hybridized carbons (Fsp3) is 0.533. The summed E-state index contributed by atoms with van der Waals surface area (Å²) in [6.07, 6.45) is -4.67. The summed E-state index contributed by atoms with van der Waals surface area (Å²) in [5, 5.41) is 5.74. The van der Waals surface area contributed by atoms with E-state index in [2.05, 4.69) is 10.6 Å². The maximum atomic E-state index is 12.3. The van der Waals surface area contributed by atoms with Crippen LogP contribution in [0.25, 0.3) is 0 Å². The standard InChI is InChI=1S/C15H19F3N2O3.ClH/c1-10-13(19-6-7-22-10)14(21)20-8-11-4-2-3-5-12(11)23-9-15(16,17)18;/h2-5,10,13,19H,6-9H2,1H3,(H,20,21);1H/t10-,13+;/m1./s1. The van der Waals surface area contributed by atoms with Crippen molar-refractivity contribution in [2.45, 2.75) is 31.8 Å². The first-order chi connectivity index (χ1) is 10.9.